The number of rotatable bonds is 8. The first-order valence-electron chi connectivity index (χ1n) is 10.9. The molecule has 172 valence electrons. The van der Waals surface area contributed by atoms with E-state index in [2.05, 4.69) is 16.7 Å². The van der Waals surface area contributed by atoms with Crippen LogP contribution in [0.15, 0.2) is 72.8 Å². The molecule has 0 bridgehead atoms. The van der Waals surface area contributed by atoms with Crippen LogP contribution in [0.3, 0.4) is 0 Å². The smallest absolute Gasteiger partial charge is 0.354 e. The van der Waals surface area contributed by atoms with Crippen molar-refractivity contribution in [1.82, 2.24) is 0 Å². The summed E-state index contributed by atoms with van der Waals surface area (Å²) >= 11 is 0. The zero-order valence-electron chi connectivity index (χ0n) is 18.9. The highest BCUT2D eigenvalue weighted by atomic mass is 31.2. The second kappa shape index (κ2) is 10.1. The normalized spacial score (nSPS) is 14.2. The summed E-state index contributed by atoms with van der Waals surface area (Å²) in [7, 11) is -3.54. The predicted molar refractivity (Wildman–Crippen MR) is 134 cm³/mol. The zero-order chi connectivity index (χ0) is 24.1. The number of amides is 1. The average molecular weight is 473 g/mol. The van der Waals surface area contributed by atoms with Crippen molar-refractivity contribution in [2.24, 2.45) is 0 Å². The minimum atomic E-state index is -3.54. The lowest BCUT2D eigenvalue weighted by atomic mass is 10.00. The Balaban J connectivity index is 1.88. The van der Waals surface area contributed by atoms with Gasteiger partial charge in [0.05, 0.1) is 41.4 Å². The molecule has 1 aliphatic rings. The summed E-state index contributed by atoms with van der Waals surface area (Å²) in [4.78, 5) is 13.2. The van der Waals surface area contributed by atoms with Crippen LogP contribution in [0.1, 0.15) is 30.5 Å². The van der Waals surface area contributed by atoms with Crippen molar-refractivity contribution in [2.45, 2.75) is 13.8 Å². The first-order chi connectivity index (χ1) is 16.5. The third-order valence-electron chi connectivity index (χ3n) is 5.26. The summed E-state index contributed by atoms with van der Waals surface area (Å²) in [5.41, 5.74) is 4.26. The van der Waals surface area contributed by atoms with Gasteiger partial charge in [-0.25, -0.2) is 0 Å². The maximum Gasteiger partial charge on any atom is 0.361 e. The van der Waals surface area contributed by atoms with Crippen molar-refractivity contribution in [3.8, 4) is 6.07 Å². The lowest BCUT2D eigenvalue weighted by Crippen LogP contribution is -2.12. The molecule has 1 aliphatic heterocycles. The fourth-order valence-corrected chi connectivity index (χ4v) is 5.35. The van der Waals surface area contributed by atoms with E-state index in [1.54, 1.807) is 56.3 Å². The largest absolute Gasteiger partial charge is 0.361 e. The number of carbonyl (C=O) groups is 1. The maximum absolute atomic E-state index is 13.4. The minimum Gasteiger partial charge on any atom is -0.354 e. The Morgan fingerprint density at radius 2 is 1.68 bits per heavy atom. The molecule has 0 saturated heterocycles. The van der Waals surface area contributed by atoms with E-state index >= 15 is 0 Å². The van der Waals surface area contributed by atoms with Gasteiger partial charge in [0.2, 0.25) is 0 Å². The Hall–Kier alpha value is -3.69. The molecular weight excluding hydrogens is 449 g/mol. The molecule has 0 aliphatic carbocycles. The molecule has 0 atom stereocenters. The van der Waals surface area contributed by atoms with Gasteiger partial charge in [-0.15, -0.1) is 0 Å². The fourth-order valence-electron chi connectivity index (χ4n) is 3.76. The third kappa shape index (κ3) is 4.66. The third-order valence-corrected chi connectivity index (χ3v) is 7.36. The predicted octanol–water partition coefficient (Wildman–Crippen LogP) is 5.38. The number of fused-ring (bicyclic) bond motifs is 1. The summed E-state index contributed by atoms with van der Waals surface area (Å²) in [6.07, 6.45) is 0. The molecule has 3 aromatic carbocycles. The standard InChI is InChI=1S/C26H24N3O4P/c1-3-32-34(31,33-4-2)21-14-15-23-22(16-21)24(26(30)29-23)25(19-8-6-5-7-9-19)28-20-12-10-18(17-27)11-13-20/h5-16,28H,3-4H2,1-2H3,(H,29,30). The number of carbonyl (C=O) groups excluding carboxylic acids is 1. The number of anilines is 2. The first kappa shape index (κ1) is 23.5. The summed E-state index contributed by atoms with van der Waals surface area (Å²) in [6, 6.07) is 23.6. The van der Waals surface area contributed by atoms with Crippen LogP contribution in [0.4, 0.5) is 11.4 Å². The van der Waals surface area contributed by atoms with Crippen molar-refractivity contribution in [3.05, 3.63) is 89.5 Å². The number of hydrogen-bond acceptors (Lipinski definition) is 6. The van der Waals surface area contributed by atoms with Crippen molar-refractivity contribution >= 4 is 41.5 Å². The number of hydrogen-bond donors (Lipinski definition) is 2. The van der Waals surface area contributed by atoms with E-state index in [4.69, 9.17) is 14.3 Å². The van der Waals surface area contributed by atoms with Crippen LogP contribution in [0, 0.1) is 11.3 Å². The maximum atomic E-state index is 13.4. The Labute approximate surface area is 198 Å². The van der Waals surface area contributed by atoms with E-state index in [0.29, 0.717) is 33.4 Å². The lowest BCUT2D eigenvalue weighted by molar-refractivity contribution is -0.110. The van der Waals surface area contributed by atoms with Gasteiger partial charge in [-0.3, -0.25) is 9.36 Å². The Morgan fingerprint density at radius 3 is 2.29 bits per heavy atom. The topological polar surface area (TPSA) is 100 Å². The highest BCUT2D eigenvalue weighted by Crippen LogP contribution is 2.48. The fraction of sp³-hybridized carbons (Fsp3) is 0.154. The van der Waals surface area contributed by atoms with E-state index < -0.39 is 7.60 Å². The minimum absolute atomic E-state index is 0.226. The number of nitrogens with zero attached hydrogens (tertiary/aromatic N) is 1. The Morgan fingerprint density at radius 1 is 1.00 bits per heavy atom. The summed E-state index contributed by atoms with van der Waals surface area (Å²) < 4.78 is 24.4. The van der Waals surface area contributed by atoms with Gasteiger partial charge in [-0.05, 0) is 61.9 Å². The highest BCUT2D eigenvalue weighted by molar-refractivity contribution is 7.62. The van der Waals surface area contributed by atoms with Crippen molar-refractivity contribution in [2.75, 3.05) is 23.8 Å². The van der Waals surface area contributed by atoms with Gasteiger partial charge in [-0.2, -0.15) is 5.26 Å². The van der Waals surface area contributed by atoms with Crippen LogP contribution in [0.5, 0.6) is 0 Å². The van der Waals surface area contributed by atoms with Gasteiger partial charge >= 0.3 is 7.60 Å². The van der Waals surface area contributed by atoms with Gasteiger partial charge in [0.1, 0.15) is 0 Å². The monoisotopic (exact) mass is 473 g/mol. The van der Waals surface area contributed by atoms with E-state index in [1.165, 1.54) is 0 Å². The Bertz CT molecular complexity index is 1320. The molecule has 2 N–H and O–H groups in total. The summed E-state index contributed by atoms with van der Waals surface area (Å²) in [6.45, 7) is 3.96. The van der Waals surface area contributed by atoms with E-state index in [-0.39, 0.29) is 19.1 Å². The van der Waals surface area contributed by atoms with Crippen molar-refractivity contribution in [3.63, 3.8) is 0 Å². The van der Waals surface area contributed by atoms with Crippen molar-refractivity contribution < 1.29 is 18.4 Å². The van der Waals surface area contributed by atoms with Gasteiger partial charge in [-0.1, -0.05) is 30.3 Å². The highest BCUT2D eigenvalue weighted by Gasteiger charge is 2.33. The molecule has 1 heterocycles. The zero-order valence-corrected chi connectivity index (χ0v) is 19.8. The van der Waals surface area contributed by atoms with Gasteiger partial charge in [0.25, 0.3) is 5.91 Å². The molecule has 0 aromatic heterocycles. The summed E-state index contributed by atoms with van der Waals surface area (Å²) in [5, 5.41) is 15.7. The lowest BCUT2D eigenvalue weighted by Gasteiger charge is -2.18. The average Bonchev–Trinajstić information content (AvgIpc) is 3.18. The summed E-state index contributed by atoms with van der Waals surface area (Å²) in [5.74, 6) is -0.283. The first-order valence-corrected chi connectivity index (χ1v) is 12.5. The van der Waals surface area contributed by atoms with Gasteiger partial charge < -0.3 is 19.7 Å². The second-order valence-electron chi connectivity index (χ2n) is 7.45. The molecule has 0 saturated carbocycles. The van der Waals surface area contributed by atoms with Crippen LogP contribution in [-0.4, -0.2) is 19.1 Å². The molecule has 3 aromatic rings. The number of nitrogens with one attached hydrogen (secondary N) is 2. The molecular formula is C26H24N3O4P. The van der Waals surface area contributed by atoms with E-state index in [0.717, 1.165) is 11.3 Å². The van der Waals surface area contributed by atoms with E-state index in [9.17, 15) is 9.36 Å². The van der Waals surface area contributed by atoms with Gasteiger partial charge in [0, 0.05) is 16.9 Å². The molecule has 8 heteroatoms. The molecule has 4 rings (SSSR count). The van der Waals surface area contributed by atoms with E-state index in [1.807, 2.05) is 30.3 Å². The van der Waals surface area contributed by atoms with Crippen LogP contribution < -0.4 is 15.9 Å². The quantitative estimate of drug-likeness (QED) is 0.336. The molecule has 1 amide bonds. The van der Waals surface area contributed by atoms with Gasteiger partial charge in [0.15, 0.2) is 0 Å². The molecule has 0 fully saturated rings. The van der Waals surface area contributed by atoms with Crippen LogP contribution in [0.25, 0.3) is 11.3 Å². The van der Waals surface area contributed by atoms with Crippen molar-refractivity contribution in [1.29, 1.82) is 5.26 Å². The molecule has 0 unspecified atom stereocenters. The number of nitriles is 1. The Kier molecular flexibility index (Phi) is 6.95. The molecule has 34 heavy (non-hydrogen) atoms. The SMILES string of the molecule is CCOP(=O)(OCC)c1ccc2c(c1)C(=C(Nc1ccc(C#N)cc1)c1ccccc1)C(=O)N2. The molecule has 0 spiro atoms. The number of benzene rings is 3. The van der Waals surface area contributed by atoms with Crippen LogP contribution in [0.2, 0.25) is 0 Å². The van der Waals surface area contributed by atoms with Crippen LogP contribution >= 0.6 is 7.60 Å². The molecule has 7 nitrogen and oxygen atoms in total. The second-order valence-corrected chi connectivity index (χ2v) is 9.47. The molecule has 0 radical (unpaired) electrons. The van der Waals surface area contributed by atoms with Crippen LogP contribution in [-0.2, 0) is 18.4 Å².